The average Bonchev–Trinajstić information content (AvgIpc) is 2.38. The standard InChI is InChI=1S/C16H21N3O/c1-13-5-3-7-15(18-13)12-19(2)9-10-20-16-8-4-6-14(17)11-16/h3-8,11H,9-10,12,17H2,1-2H3. The summed E-state index contributed by atoms with van der Waals surface area (Å²) < 4.78 is 5.68. The van der Waals surface area contributed by atoms with E-state index in [1.807, 2.05) is 49.4 Å². The molecular weight excluding hydrogens is 250 g/mol. The number of likely N-dealkylation sites (N-methyl/N-ethyl adjacent to an activating group) is 1. The Bertz CT molecular complexity index is 557. The lowest BCUT2D eigenvalue weighted by Gasteiger charge is -2.16. The molecule has 2 N–H and O–H groups in total. The fraction of sp³-hybridized carbons (Fsp3) is 0.312. The summed E-state index contributed by atoms with van der Waals surface area (Å²) in [5.74, 6) is 0.812. The van der Waals surface area contributed by atoms with E-state index in [0.29, 0.717) is 6.61 Å². The summed E-state index contributed by atoms with van der Waals surface area (Å²) in [5.41, 5.74) is 8.56. The minimum atomic E-state index is 0.631. The summed E-state index contributed by atoms with van der Waals surface area (Å²) >= 11 is 0. The number of aromatic nitrogens is 1. The van der Waals surface area contributed by atoms with E-state index >= 15 is 0 Å². The molecule has 2 rings (SSSR count). The van der Waals surface area contributed by atoms with Crippen molar-refractivity contribution >= 4 is 5.69 Å². The molecule has 20 heavy (non-hydrogen) atoms. The van der Waals surface area contributed by atoms with Gasteiger partial charge in [-0.3, -0.25) is 9.88 Å². The third-order valence-electron chi connectivity index (χ3n) is 2.98. The molecular formula is C16H21N3O. The summed E-state index contributed by atoms with van der Waals surface area (Å²) in [7, 11) is 2.06. The Morgan fingerprint density at radius 3 is 2.75 bits per heavy atom. The maximum absolute atomic E-state index is 5.71. The van der Waals surface area contributed by atoms with E-state index < -0.39 is 0 Å². The first-order valence-electron chi connectivity index (χ1n) is 6.73. The quantitative estimate of drug-likeness (QED) is 0.820. The van der Waals surface area contributed by atoms with Gasteiger partial charge in [0.05, 0.1) is 5.69 Å². The third-order valence-corrected chi connectivity index (χ3v) is 2.98. The fourth-order valence-corrected chi connectivity index (χ4v) is 1.97. The van der Waals surface area contributed by atoms with E-state index in [-0.39, 0.29) is 0 Å². The Kier molecular flexibility index (Phi) is 4.96. The van der Waals surface area contributed by atoms with E-state index in [9.17, 15) is 0 Å². The Morgan fingerprint density at radius 2 is 2.00 bits per heavy atom. The van der Waals surface area contributed by atoms with Gasteiger partial charge in [0.25, 0.3) is 0 Å². The highest BCUT2D eigenvalue weighted by Gasteiger charge is 2.02. The molecule has 0 fully saturated rings. The van der Waals surface area contributed by atoms with Crippen LogP contribution in [0.3, 0.4) is 0 Å². The third kappa shape index (κ3) is 4.55. The highest BCUT2D eigenvalue weighted by molar-refractivity contribution is 5.43. The molecule has 0 unspecified atom stereocenters. The van der Waals surface area contributed by atoms with Crippen molar-refractivity contribution in [2.75, 3.05) is 25.9 Å². The number of nitrogens with zero attached hydrogens (tertiary/aromatic N) is 2. The van der Waals surface area contributed by atoms with Gasteiger partial charge < -0.3 is 10.5 Å². The molecule has 1 aromatic carbocycles. The number of hydrogen-bond donors (Lipinski definition) is 1. The summed E-state index contributed by atoms with van der Waals surface area (Å²) in [6.07, 6.45) is 0. The Labute approximate surface area is 120 Å². The second kappa shape index (κ2) is 6.91. The number of rotatable bonds is 6. The molecule has 0 aliphatic heterocycles. The van der Waals surface area contributed by atoms with Crippen LogP contribution in [0.4, 0.5) is 5.69 Å². The number of aryl methyl sites for hydroxylation is 1. The van der Waals surface area contributed by atoms with Gasteiger partial charge in [-0.25, -0.2) is 0 Å². The van der Waals surface area contributed by atoms with Crippen molar-refractivity contribution in [3.05, 3.63) is 53.9 Å². The lowest BCUT2D eigenvalue weighted by molar-refractivity contribution is 0.231. The van der Waals surface area contributed by atoms with Crippen LogP contribution in [-0.4, -0.2) is 30.1 Å². The van der Waals surface area contributed by atoms with Gasteiger partial charge in [0.1, 0.15) is 12.4 Å². The van der Waals surface area contributed by atoms with E-state index in [1.54, 1.807) is 0 Å². The van der Waals surface area contributed by atoms with E-state index in [0.717, 1.165) is 35.9 Å². The van der Waals surface area contributed by atoms with Crippen molar-refractivity contribution in [2.24, 2.45) is 0 Å². The summed E-state index contributed by atoms with van der Waals surface area (Å²) in [6, 6.07) is 13.6. The van der Waals surface area contributed by atoms with Crippen LogP contribution in [0.25, 0.3) is 0 Å². The zero-order chi connectivity index (χ0) is 14.4. The van der Waals surface area contributed by atoms with Crippen molar-refractivity contribution in [1.29, 1.82) is 0 Å². The Morgan fingerprint density at radius 1 is 1.20 bits per heavy atom. The maximum Gasteiger partial charge on any atom is 0.121 e. The van der Waals surface area contributed by atoms with Gasteiger partial charge in [-0.15, -0.1) is 0 Å². The van der Waals surface area contributed by atoms with Crippen molar-refractivity contribution < 1.29 is 4.74 Å². The van der Waals surface area contributed by atoms with Crippen molar-refractivity contribution in [3.63, 3.8) is 0 Å². The summed E-state index contributed by atoms with van der Waals surface area (Å²) in [4.78, 5) is 6.68. The Hall–Kier alpha value is -2.07. The second-order valence-electron chi connectivity index (χ2n) is 4.93. The van der Waals surface area contributed by atoms with E-state index in [4.69, 9.17) is 10.5 Å². The predicted molar refractivity (Wildman–Crippen MR) is 81.7 cm³/mol. The zero-order valence-electron chi connectivity index (χ0n) is 12.0. The lowest BCUT2D eigenvalue weighted by atomic mass is 10.3. The molecule has 0 aliphatic rings. The van der Waals surface area contributed by atoms with Crippen molar-refractivity contribution in [1.82, 2.24) is 9.88 Å². The maximum atomic E-state index is 5.71. The van der Waals surface area contributed by atoms with Gasteiger partial charge in [0.15, 0.2) is 0 Å². The Balaban J connectivity index is 1.76. The predicted octanol–water partition coefficient (Wildman–Crippen LogP) is 2.48. The highest BCUT2D eigenvalue weighted by atomic mass is 16.5. The van der Waals surface area contributed by atoms with Gasteiger partial charge in [-0.1, -0.05) is 12.1 Å². The molecule has 0 aliphatic carbocycles. The van der Waals surface area contributed by atoms with Crippen LogP contribution in [-0.2, 0) is 6.54 Å². The minimum Gasteiger partial charge on any atom is -0.492 e. The molecule has 0 radical (unpaired) electrons. The number of pyridine rings is 1. The van der Waals surface area contributed by atoms with Crippen LogP contribution >= 0.6 is 0 Å². The molecule has 1 heterocycles. The lowest BCUT2D eigenvalue weighted by Crippen LogP contribution is -2.24. The molecule has 2 aromatic rings. The number of ether oxygens (including phenoxy) is 1. The topological polar surface area (TPSA) is 51.4 Å². The monoisotopic (exact) mass is 271 g/mol. The largest absolute Gasteiger partial charge is 0.492 e. The van der Waals surface area contributed by atoms with Crippen LogP contribution in [0, 0.1) is 6.92 Å². The van der Waals surface area contributed by atoms with Crippen LogP contribution in [0.2, 0.25) is 0 Å². The number of anilines is 1. The van der Waals surface area contributed by atoms with Crippen molar-refractivity contribution in [3.8, 4) is 5.75 Å². The van der Waals surface area contributed by atoms with E-state index in [1.165, 1.54) is 0 Å². The van der Waals surface area contributed by atoms with Gasteiger partial charge in [0, 0.05) is 30.5 Å². The first-order chi connectivity index (χ1) is 9.63. The molecule has 4 nitrogen and oxygen atoms in total. The average molecular weight is 271 g/mol. The van der Waals surface area contributed by atoms with Gasteiger partial charge in [-0.05, 0) is 38.2 Å². The number of hydrogen-bond acceptors (Lipinski definition) is 4. The number of benzene rings is 1. The van der Waals surface area contributed by atoms with Gasteiger partial charge in [0.2, 0.25) is 0 Å². The van der Waals surface area contributed by atoms with Crippen LogP contribution < -0.4 is 10.5 Å². The first kappa shape index (κ1) is 14.3. The SMILES string of the molecule is Cc1cccc(CN(C)CCOc2cccc(N)c2)n1. The molecule has 0 saturated heterocycles. The van der Waals surface area contributed by atoms with Crippen LogP contribution in [0.5, 0.6) is 5.75 Å². The molecule has 1 aromatic heterocycles. The molecule has 0 saturated carbocycles. The summed E-state index contributed by atoms with van der Waals surface area (Å²) in [5, 5.41) is 0. The zero-order valence-corrected chi connectivity index (χ0v) is 12.0. The molecule has 0 amide bonds. The van der Waals surface area contributed by atoms with Crippen LogP contribution in [0.1, 0.15) is 11.4 Å². The molecule has 0 atom stereocenters. The first-order valence-corrected chi connectivity index (χ1v) is 6.73. The fourth-order valence-electron chi connectivity index (χ4n) is 1.97. The number of nitrogen functional groups attached to an aromatic ring is 1. The van der Waals surface area contributed by atoms with Gasteiger partial charge in [-0.2, -0.15) is 0 Å². The molecule has 4 heteroatoms. The second-order valence-corrected chi connectivity index (χ2v) is 4.93. The molecule has 0 bridgehead atoms. The van der Waals surface area contributed by atoms with Crippen molar-refractivity contribution in [2.45, 2.75) is 13.5 Å². The van der Waals surface area contributed by atoms with Gasteiger partial charge >= 0.3 is 0 Å². The molecule has 0 spiro atoms. The smallest absolute Gasteiger partial charge is 0.121 e. The highest BCUT2D eigenvalue weighted by Crippen LogP contribution is 2.14. The van der Waals surface area contributed by atoms with E-state index in [2.05, 4.69) is 16.9 Å². The minimum absolute atomic E-state index is 0.631. The normalized spacial score (nSPS) is 10.8. The molecule has 106 valence electrons. The number of nitrogens with two attached hydrogens (primary N) is 1. The van der Waals surface area contributed by atoms with Crippen LogP contribution in [0.15, 0.2) is 42.5 Å². The summed E-state index contributed by atoms with van der Waals surface area (Å²) in [6.45, 7) is 4.30.